The standard InChI is InChI=1S/C24H32N2O5S/c1-14(2)12-30-18-8-7-17(11-19(18)29-6)22-21(23(28)31-13-15(3)4)16(5)25-24-26(22)20(27)9-10-32-24/h7-8,11,14-15,22H,9-10,12-13H2,1-6H3. The van der Waals surface area contributed by atoms with Crippen molar-refractivity contribution in [3.05, 3.63) is 35.0 Å². The van der Waals surface area contributed by atoms with Crippen LogP contribution in [0.5, 0.6) is 11.5 Å². The van der Waals surface area contributed by atoms with Crippen LogP contribution >= 0.6 is 11.8 Å². The maximum atomic E-state index is 13.1. The lowest BCUT2D eigenvalue weighted by Gasteiger charge is -2.39. The van der Waals surface area contributed by atoms with Crippen LogP contribution in [0.4, 0.5) is 0 Å². The molecular weight excluding hydrogens is 428 g/mol. The first-order valence-corrected chi connectivity index (χ1v) is 11.9. The van der Waals surface area contributed by atoms with Gasteiger partial charge in [-0.05, 0) is 36.5 Å². The number of benzene rings is 1. The molecule has 7 nitrogen and oxygen atoms in total. The maximum Gasteiger partial charge on any atom is 0.338 e. The van der Waals surface area contributed by atoms with Crippen molar-refractivity contribution < 1.29 is 23.8 Å². The van der Waals surface area contributed by atoms with Gasteiger partial charge in [-0.15, -0.1) is 0 Å². The summed E-state index contributed by atoms with van der Waals surface area (Å²) in [7, 11) is 1.58. The molecule has 1 atom stereocenters. The summed E-state index contributed by atoms with van der Waals surface area (Å²) < 4.78 is 17.0. The van der Waals surface area contributed by atoms with Gasteiger partial charge >= 0.3 is 5.97 Å². The summed E-state index contributed by atoms with van der Waals surface area (Å²) >= 11 is 1.52. The Hall–Kier alpha value is -2.48. The Morgan fingerprint density at radius 3 is 2.56 bits per heavy atom. The number of fused-ring (bicyclic) bond motifs is 1. The molecule has 1 amide bonds. The molecule has 8 heteroatoms. The number of amidine groups is 1. The summed E-state index contributed by atoms with van der Waals surface area (Å²) in [5, 5.41) is 0.614. The molecule has 174 valence electrons. The lowest BCUT2D eigenvalue weighted by atomic mass is 9.93. The van der Waals surface area contributed by atoms with Gasteiger partial charge in [0.25, 0.3) is 0 Å². The first-order chi connectivity index (χ1) is 15.2. The van der Waals surface area contributed by atoms with E-state index in [2.05, 4.69) is 18.8 Å². The average Bonchev–Trinajstić information content (AvgIpc) is 2.75. The minimum absolute atomic E-state index is 0.0618. The van der Waals surface area contributed by atoms with Gasteiger partial charge in [0.05, 0.1) is 37.6 Å². The fourth-order valence-electron chi connectivity index (χ4n) is 3.52. The van der Waals surface area contributed by atoms with Crippen molar-refractivity contribution >= 4 is 28.8 Å². The Labute approximate surface area is 194 Å². The monoisotopic (exact) mass is 460 g/mol. The normalized spacial score (nSPS) is 18.6. The summed E-state index contributed by atoms with van der Waals surface area (Å²) in [6, 6.07) is 4.91. The number of amides is 1. The van der Waals surface area contributed by atoms with E-state index in [0.717, 1.165) is 5.56 Å². The molecule has 0 aliphatic carbocycles. The molecule has 0 bridgehead atoms. The molecule has 1 aromatic rings. The highest BCUT2D eigenvalue weighted by atomic mass is 32.2. The van der Waals surface area contributed by atoms with Gasteiger partial charge in [0.2, 0.25) is 5.91 Å². The highest BCUT2D eigenvalue weighted by Crippen LogP contribution is 2.42. The Balaban J connectivity index is 2.05. The zero-order chi connectivity index (χ0) is 23.4. The zero-order valence-electron chi connectivity index (χ0n) is 19.6. The third-order valence-corrected chi connectivity index (χ3v) is 6.00. The first-order valence-electron chi connectivity index (χ1n) is 10.9. The molecule has 2 aliphatic rings. The zero-order valence-corrected chi connectivity index (χ0v) is 20.5. The van der Waals surface area contributed by atoms with E-state index in [1.54, 1.807) is 18.9 Å². The minimum Gasteiger partial charge on any atom is -0.493 e. The molecule has 0 spiro atoms. The van der Waals surface area contributed by atoms with Crippen LogP contribution in [0.1, 0.15) is 52.6 Å². The largest absolute Gasteiger partial charge is 0.493 e. The summed E-state index contributed by atoms with van der Waals surface area (Å²) in [6.45, 7) is 10.8. The lowest BCUT2D eigenvalue weighted by molar-refractivity contribution is -0.141. The molecule has 1 saturated heterocycles. The quantitative estimate of drug-likeness (QED) is 0.529. The van der Waals surface area contributed by atoms with Crippen LogP contribution in [-0.4, -0.2) is 48.0 Å². The number of aliphatic imine (C=N–C) groups is 1. The molecule has 0 N–H and O–H groups in total. The van der Waals surface area contributed by atoms with Crippen LogP contribution < -0.4 is 9.47 Å². The topological polar surface area (TPSA) is 77.4 Å². The maximum absolute atomic E-state index is 13.1. The molecule has 1 aromatic carbocycles. The van der Waals surface area contributed by atoms with Crippen LogP contribution in [0.3, 0.4) is 0 Å². The molecule has 0 radical (unpaired) electrons. The van der Waals surface area contributed by atoms with E-state index in [9.17, 15) is 9.59 Å². The van der Waals surface area contributed by atoms with Crippen molar-refractivity contribution in [3.63, 3.8) is 0 Å². The van der Waals surface area contributed by atoms with Gasteiger partial charge in [0.15, 0.2) is 16.7 Å². The minimum atomic E-state index is -0.629. The van der Waals surface area contributed by atoms with Gasteiger partial charge in [-0.1, -0.05) is 45.5 Å². The van der Waals surface area contributed by atoms with Crippen molar-refractivity contribution in [2.24, 2.45) is 16.8 Å². The Bertz CT molecular complexity index is 938. The second kappa shape index (κ2) is 10.4. The van der Waals surface area contributed by atoms with Crippen molar-refractivity contribution in [2.75, 3.05) is 26.1 Å². The number of thioether (sulfide) groups is 1. The van der Waals surface area contributed by atoms with Crippen LogP contribution in [0.15, 0.2) is 34.5 Å². The van der Waals surface area contributed by atoms with Crippen molar-refractivity contribution in [2.45, 2.75) is 47.1 Å². The fourth-order valence-corrected chi connectivity index (χ4v) is 4.53. The average molecular weight is 461 g/mol. The molecule has 1 fully saturated rings. The molecule has 2 aliphatic heterocycles. The van der Waals surface area contributed by atoms with Crippen LogP contribution in [-0.2, 0) is 14.3 Å². The van der Waals surface area contributed by atoms with Gasteiger partial charge in [-0.25, -0.2) is 9.79 Å². The molecule has 1 unspecified atom stereocenters. The third kappa shape index (κ3) is 5.28. The SMILES string of the molecule is COc1cc(C2C(C(=O)OCC(C)C)=C(C)N=C3SCCC(=O)N32)ccc1OCC(C)C. The number of ether oxygens (including phenoxy) is 3. The number of carbonyl (C=O) groups is 2. The van der Waals surface area contributed by atoms with Crippen molar-refractivity contribution in [1.29, 1.82) is 0 Å². The van der Waals surface area contributed by atoms with E-state index >= 15 is 0 Å². The smallest absolute Gasteiger partial charge is 0.338 e. The van der Waals surface area contributed by atoms with E-state index in [4.69, 9.17) is 14.2 Å². The molecule has 0 saturated carbocycles. The molecular formula is C24H32N2O5S. The molecule has 32 heavy (non-hydrogen) atoms. The predicted molar refractivity (Wildman–Crippen MR) is 126 cm³/mol. The number of hydrogen-bond donors (Lipinski definition) is 0. The summed E-state index contributed by atoms with van der Waals surface area (Å²) in [6.07, 6.45) is 0.389. The van der Waals surface area contributed by atoms with Crippen LogP contribution in [0.2, 0.25) is 0 Å². The van der Waals surface area contributed by atoms with Gasteiger partial charge in [0, 0.05) is 12.2 Å². The van der Waals surface area contributed by atoms with Gasteiger partial charge in [0.1, 0.15) is 0 Å². The highest BCUT2D eigenvalue weighted by Gasteiger charge is 2.42. The van der Waals surface area contributed by atoms with Gasteiger partial charge in [-0.2, -0.15) is 0 Å². The van der Waals surface area contributed by atoms with E-state index < -0.39 is 12.0 Å². The first kappa shape index (κ1) is 24.2. The second-order valence-corrected chi connectivity index (χ2v) is 9.83. The predicted octanol–water partition coefficient (Wildman–Crippen LogP) is 4.58. The molecule has 0 aromatic heterocycles. The van der Waals surface area contributed by atoms with Gasteiger partial charge in [-0.3, -0.25) is 9.69 Å². The van der Waals surface area contributed by atoms with Crippen LogP contribution in [0, 0.1) is 11.8 Å². The second-order valence-electron chi connectivity index (χ2n) is 8.77. The number of carbonyl (C=O) groups excluding carboxylic acids is 2. The van der Waals surface area contributed by atoms with Gasteiger partial charge < -0.3 is 14.2 Å². The number of methoxy groups -OCH3 is 1. The lowest BCUT2D eigenvalue weighted by Crippen LogP contribution is -2.45. The van der Waals surface area contributed by atoms with E-state index in [0.29, 0.717) is 59.2 Å². The van der Waals surface area contributed by atoms with E-state index in [1.807, 2.05) is 32.0 Å². The van der Waals surface area contributed by atoms with E-state index in [-0.39, 0.29) is 11.8 Å². The number of nitrogens with zero attached hydrogens (tertiary/aromatic N) is 2. The van der Waals surface area contributed by atoms with Crippen molar-refractivity contribution in [1.82, 2.24) is 4.90 Å². The Morgan fingerprint density at radius 2 is 1.91 bits per heavy atom. The Morgan fingerprint density at radius 1 is 1.19 bits per heavy atom. The highest BCUT2D eigenvalue weighted by molar-refractivity contribution is 8.14. The number of hydrogen-bond acceptors (Lipinski definition) is 7. The summed E-state index contributed by atoms with van der Waals surface area (Å²) in [5.41, 5.74) is 1.69. The number of rotatable bonds is 8. The Kier molecular flexibility index (Phi) is 7.87. The molecule has 2 heterocycles. The number of esters is 1. The van der Waals surface area contributed by atoms with Crippen LogP contribution in [0.25, 0.3) is 0 Å². The fraction of sp³-hybridized carbons (Fsp3) is 0.542. The summed E-state index contributed by atoms with van der Waals surface area (Å²) in [5.74, 6) is 1.90. The third-order valence-electron chi connectivity index (χ3n) is 5.05. The van der Waals surface area contributed by atoms with Crippen molar-refractivity contribution in [3.8, 4) is 11.5 Å². The molecule has 3 rings (SSSR count). The summed E-state index contributed by atoms with van der Waals surface area (Å²) in [4.78, 5) is 32.3. The van der Waals surface area contributed by atoms with E-state index in [1.165, 1.54) is 11.8 Å². The number of allylic oxidation sites excluding steroid dienone is 1.